The van der Waals surface area contributed by atoms with Crippen LogP contribution in [0, 0.1) is 5.92 Å². The highest BCUT2D eigenvalue weighted by molar-refractivity contribution is 5.07. The molecule has 0 bridgehead atoms. The van der Waals surface area contributed by atoms with E-state index in [-0.39, 0.29) is 0 Å². The number of likely N-dealkylation sites (N-methyl/N-ethyl adjacent to an activating group) is 1. The van der Waals surface area contributed by atoms with Crippen LogP contribution in [-0.2, 0) is 0 Å². The van der Waals surface area contributed by atoms with Gasteiger partial charge in [0.2, 0.25) is 0 Å². The molecule has 1 N–H and O–H groups in total. The number of hydrogen-bond donors (Lipinski definition) is 1. The monoisotopic (exact) mass is 139 g/mol. The minimum Gasteiger partial charge on any atom is -0.316 e. The fourth-order valence-corrected chi connectivity index (χ4v) is 1.41. The Hall–Kier alpha value is -0.300. The van der Waals surface area contributed by atoms with Crippen molar-refractivity contribution in [2.75, 3.05) is 13.6 Å². The average Bonchev–Trinajstić information content (AvgIpc) is 1.95. The molecule has 1 atom stereocenters. The first-order chi connectivity index (χ1) is 4.83. The van der Waals surface area contributed by atoms with E-state index in [1.165, 1.54) is 19.3 Å². The van der Waals surface area contributed by atoms with Crippen molar-refractivity contribution in [2.24, 2.45) is 5.92 Å². The summed E-state index contributed by atoms with van der Waals surface area (Å²) in [6.45, 7) is 3.42. The molecule has 1 aliphatic carbocycles. The lowest BCUT2D eigenvalue weighted by Crippen LogP contribution is -2.13. The molecule has 0 saturated carbocycles. The molecule has 1 nitrogen and oxygen atoms in total. The van der Waals surface area contributed by atoms with E-state index in [2.05, 4.69) is 18.3 Å². The van der Waals surface area contributed by atoms with Gasteiger partial charge in [-0.2, -0.15) is 0 Å². The van der Waals surface area contributed by atoms with Crippen molar-refractivity contribution in [3.63, 3.8) is 0 Å². The summed E-state index contributed by atoms with van der Waals surface area (Å²) in [4.78, 5) is 0. The molecule has 1 heteroatoms. The Balaban J connectivity index is 2.33. The van der Waals surface area contributed by atoms with Crippen LogP contribution >= 0.6 is 0 Å². The maximum atomic E-state index is 3.18. The average molecular weight is 139 g/mol. The topological polar surface area (TPSA) is 12.0 Å². The minimum absolute atomic E-state index is 0.917. The highest BCUT2D eigenvalue weighted by atomic mass is 14.8. The Labute approximate surface area is 63.5 Å². The lowest BCUT2D eigenvalue weighted by molar-refractivity contribution is 0.507. The highest BCUT2D eigenvalue weighted by Gasteiger charge is 2.08. The maximum absolute atomic E-state index is 3.18. The fraction of sp³-hybridized carbons (Fsp3) is 0.778. The van der Waals surface area contributed by atoms with Crippen LogP contribution < -0.4 is 5.32 Å². The third-order valence-corrected chi connectivity index (χ3v) is 2.17. The quantitative estimate of drug-likeness (QED) is 0.577. The van der Waals surface area contributed by atoms with Crippen molar-refractivity contribution in [2.45, 2.75) is 26.2 Å². The van der Waals surface area contributed by atoms with E-state index in [4.69, 9.17) is 0 Å². The molecule has 0 aromatic heterocycles. The second kappa shape index (κ2) is 3.77. The van der Waals surface area contributed by atoms with Crippen LogP contribution in [0.25, 0.3) is 0 Å². The molecule has 10 heavy (non-hydrogen) atoms. The van der Waals surface area contributed by atoms with E-state index in [1.807, 2.05) is 7.05 Å². The molecule has 0 aliphatic heterocycles. The molecule has 0 amide bonds. The summed E-state index contributed by atoms with van der Waals surface area (Å²) in [6, 6.07) is 0. The lowest BCUT2D eigenvalue weighted by Gasteiger charge is -2.17. The van der Waals surface area contributed by atoms with Crippen LogP contribution in [0.2, 0.25) is 0 Å². The molecule has 1 aliphatic rings. The van der Waals surface area contributed by atoms with Gasteiger partial charge in [-0.1, -0.05) is 18.6 Å². The molecule has 0 saturated heterocycles. The van der Waals surface area contributed by atoms with Crippen molar-refractivity contribution >= 4 is 0 Å². The van der Waals surface area contributed by atoms with E-state index in [1.54, 1.807) is 5.57 Å². The summed E-state index contributed by atoms with van der Waals surface area (Å²) >= 11 is 0. The third kappa shape index (κ3) is 2.14. The molecule has 0 fully saturated rings. The molecule has 58 valence electrons. The minimum atomic E-state index is 0.917. The van der Waals surface area contributed by atoms with Crippen LogP contribution in [0.4, 0.5) is 0 Å². The summed E-state index contributed by atoms with van der Waals surface area (Å²) in [6.07, 6.45) is 6.37. The van der Waals surface area contributed by atoms with E-state index in [9.17, 15) is 0 Å². The van der Waals surface area contributed by atoms with Crippen LogP contribution in [0.1, 0.15) is 26.2 Å². The van der Waals surface area contributed by atoms with E-state index in [0.29, 0.717) is 0 Å². The summed E-state index contributed by atoms with van der Waals surface area (Å²) in [5, 5.41) is 3.18. The van der Waals surface area contributed by atoms with Gasteiger partial charge in [-0.05, 0) is 32.2 Å². The van der Waals surface area contributed by atoms with Gasteiger partial charge in [-0.25, -0.2) is 0 Å². The molecule has 0 heterocycles. The fourth-order valence-electron chi connectivity index (χ4n) is 1.41. The van der Waals surface area contributed by atoms with Gasteiger partial charge < -0.3 is 5.32 Å². The number of nitrogens with one attached hydrogen (secondary N) is 1. The van der Waals surface area contributed by atoms with Crippen molar-refractivity contribution in [1.82, 2.24) is 5.32 Å². The molecule has 0 aromatic rings. The highest BCUT2D eigenvalue weighted by Crippen LogP contribution is 2.21. The zero-order valence-corrected chi connectivity index (χ0v) is 6.98. The van der Waals surface area contributed by atoms with Crippen molar-refractivity contribution in [3.05, 3.63) is 11.6 Å². The Morgan fingerprint density at radius 3 is 3.00 bits per heavy atom. The van der Waals surface area contributed by atoms with Gasteiger partial charge >= 0.3 is 0 Å². The Kier molecular flexibility index (Phi) is 2.94. The smallest absolute Gasteiger partial charge is 0.0161 e. The van der Waals surface area contributed by atoms with E-state index in [0.717, 1.165) is 12.5 Å². The molecular weight excluding hydrogens is 122 g/mol. The van der Waals surface area contributed by atoms with Crippen LogP contribution in [0.5, 0.6) is 0 Å². The summed E-state index contributed by atoms with van der Waals surface area (Å²) in [7, 11) is 2.01. The van der Waals surface area contributed by atoms with Gasteiger partial charge in [0, 0.05) is 6.54 Å². The normalized spacial score (nSPS) is 26.2. The van der Waals surface area contributed by atoms with E-state index >= 15 is 0 Å². The third-order valence-electron chi connectivity index (χ3n) is 2.17. The Bertz CT molecular complexity index is 127. The molecule has 0 spiro atoms. The van der Waals surface area contributed by atoms with E-state index < -0.39 is 0 Å². The van der Waals surface area contributed by atoms with Gasteiger partial charge in [0.25, 0.3) is 0 Å². The van der Waals surface area contributed by atoms with Gasteiger partial charge in [-0.3, -0.25) is 0 Å². The zero-order valence-electron chi connectivity index (χ0n) is 6.98. The van der Waals surface area contributed by atoms with Crippen LogP contribution in [0.3, 0.4) is 0 Å². The number of hydrogen-bond acceptors (Lipinski definition) is 1. The van der Waals surface area contributed by atoms with Crippen LogP contribution in [0.15, 0.2) is 11.6 Å². The second-order valence-corrected chi connectivity index (χ2v) is 3.27. The predicted molar refractivity (Wildman–Crippen MR) is 45.0 cm³/mol. The molecular formula is C9H17N. The van der Waals surface area contributed by atoms with Gasteiger partial charge in [-0.15, -0.1) is 0 Å². The van der Waals surface area contributed by atoms with Crippen molar-refractivity contribution in [1.29, 1.82) is 0 Å². The van der Waals surface area contributed by atoms with Crippen LogP contribution in [-0.4, -0.2) is 13.6 Å². The van der Waals surface area contributed by atoms with Gasteiger partial charge in [0.15, 0.2) is 0 Å². The standard InChI is InChI=1S/C9H17N/c1-8-3-5-9(6-4-8)7-10-2/h5,8,10H,3-4,6-7H2,1-2H3. The lowest BCUT2D eigenvalue weighted by atomic mass is 9.91. The summed E-state index contributed by atoms with van der Waals surface area (Å²) in [5.41, 5.74) is 1.60. The Morgan fingerprint density at radius 1 is 1.70 bits per heavy atom. The first-order valence-electron chi connectivity index (χ1n) is 4.15. The molecule has 0 radical (unpaired) electrons. The predicted octanol–water partition coefficient (Wildman–Crippen LogP) is 1.95. The molecule has 0 aromatic carbocycles. The largest absolute Gasteiger partial charge is 0.316 e. The zero-order chi connectivity index (χ0) is 7.40. The first kappa shape index (κ1) is 7.80. The SMILES string of the molecule is CNCC1=CCC(C)CC1. The maximum Gasteiger partial charge on any atom is 0.0161 e. The number of allylic oxidation sites excluding steroid dienone is 1. The molecule has 1 rings (SSSR count). The summed E-state index contributed by atoms with van der Waals surface area (Å²) in [5.74, 6) is 0.917. The molecule has 1 unspecified atom stereocenters. The van der Waals surface area contributed by atoms with Crippen molar-refractivity contribution < 1.29 is 0 Å². The first-order valence-corrected chi connectivity index (χ1v) is 4.15. The second-order valence-electron chi connectivity index (χ2n) is 3.27. The van der Waals surface area contributed by atoms with Gasteiger partial charge in [0.1, 0.15) is 0 Å². The summed E-state index contributed by atoms with van der Waals surface area (Å²) < 4.78 is 0. The Morgan fingerprint density at radius 2 is 2.50 bits per heavy atom. The van der Waals surface area contributed by atoms with Gasteiger partial charge in [0.05, 0.1) is 0 Å². The number of rotatable bonds is 2. The van der Waals surface area contributed by atoms with Crippen molar-refractivity contribution in [3.8, 4) is 0 Å².